The van der Waals surface area contributed by atoms with Gasteiger partial charge in [0.1, 0.15) is 0 Å². The fourth-order valence-corrected chi connectivity index (χ4v) is 6.31. The van der Waals surface area contributed by atoms with Crippen LogP contribution in [0, 0.1) is 24.2 Å². The van der Waals surface area contributed by atoms with Crippen LogP contribution in [0.1, 0.15) is 84.5 Å². The summed E-state index contributed by atoms with van der Waals surface area (Å²) in [7, 11) is 0. The summed E-state index contributed by atoms with van der Waals surface area (Å²) < 4.78 is 46.6. The Hall–Kier alpha value is -3.91. The lowest BCUT2D eigenvalue weighted by molar-refractivity contribution is -0.137. The zero-order valence-electron chi connectivity index (χ0n) is 25.6. The van der Waals surface area contributed by atoms with E-state index in [0.717, 1.165) is 50.0 Å². The van der Waals surface area contributed by atoms with Crippen LogP contribution in [0.25, 0.3) is 0 Å². The van der Waals surface area contributed by atoms with E-state index in [2.05, 4.69) is 29.1 Å². The van der Waals surface area contributed by atoms with E-state index in [-0.39, 0.29) is 24.5 Å². The van der Waals surface area contributed by atoms with Crippen molar-refractivity contribution >= 4 is 30.1 Å². The number of nitrogens with zero attached hydrogens (tertiary/aromatic N) is 4. The zero-order valence-corrected chi connectivity index (χ0v) is 26.4. The van der Waals surface area contributed by atoms with E-state index >= 15 is 0 Å². The Labute approximate surface area is 267 Å². The predicted octanol–water partition coefficient (Wildman–Crippen LogP) is 8.62. The summed E-state index contributed by atoms with van der Waals surface area (Å²) in [4.78, 5) is 13.0. The van der Waals surface area contributed by atoms with E-state index in [1.807, 2.05) is 24.0 Å². The van der Waals surface area contributed by atoms with Crippen molar-refractivity contribution in [2.24, 2.45) is 5.92 Å². The van der Waals surface area contributed by atoms with Crippen molar-refractivity contribution in [2.45, 2.75) is 84.5 Å². The van der Waals surface area contributed by atoms with Gasteiger partial charge in [0.2, 0.25) is 5.88 Å². The van der Waals surface area contributed by atoms with Crippen LogP contribution < -0.4 is 9.80 Å². The quantitative estimate of drug-likeness (QED) is 0.237. The third-order valence-electron chi connectivity index (χ3n) is 8.33. The van der Waals surface area contributed by atoms with Gasteiger partial charge in [0, 0.05) is 37.9 Å². The highest BCUT2D eigenvalue weighted by Crippen LogP contribution is 2.36. The molecule has 0 saturated heterocycles. The van der Waals surface area contributed by atoms with Crippen molar-refractivity contribution in [3.8, 4) is 6.07 Å². The van der Waals surface area contributed by atoms with Crippen LogP contribution in [0.15, 0.2) is 40.9 Å². The molecule has 3 aromatic rings. The summed E-state index contributed by atoms with van der Waals surface area (Å²) in [5, 5.41) is 27.4. The molecule has 1 fully saturated rings. The Kier molecular flexibility index (Phi) is 12.6. The highest BCUT2D eigenvalue weighted by molar-refractivity contribution is 5.85. The Bertz CT molecular complexity index is 1480. The minimum absolute atomic E-state index is 0. The second-order valence-corrected chi connectivity index (χ2v) is 11.6. The number of nitriles is 1. The number of benzene rings is 2. The van der Waals surface area contributed by atoms with Gasteiger partial charge < -0.3 is 24.5 Å². The molecule has 2 aromatic carbocycles. The SMILES string of the molecule is CCN(CC1CCCCC1)c1cc2c(cc1CN(Cc1cc(C#N)cc(C(F)(F)F)c1)c1cc(C)no1)CCC2.Cl.O=C(O)O. The fourth-order valence-electron chi connectivity index (χ4n) is 6.31. The molecule has 1 saturated carbocycles. The highest BCUT2D eigenvalue weighted by atomic mass is 35.5. The number of anilines is 2. The van der Waals surface area contributed by atoms with Gasteiger partial charge in [-0.05, 0) is 98.4 Å². The van der Waals surface area contributed by atoms with Crippen LogP contribution in [0.3, 0.4) is 0 Å². The lowest BCUT2D eigenvalue weighted by atomic mass is 9.88. The van der Waals surface area contributed by atoms with Crippen LogP contribution in [-0.2, 0) is 32.1 Å². The highest BCUT2D eigenvalue weighted by Gasteiger charge is 2.32. The number of fused-ring (bicyclic) bond motifs is 1. The number of rotatable bonds is 9. The summed E-state index contributed by atoms with van der Waals surface area (Å²) in [6.07, 6.45) is 3.31. The van der Waals surface area contributed by atoms with Crippen molar-refractivity contribution in [3.05, 3.63) is 75.5 Å². The molecule has 0 aliphatic heterocycles. The summed E-state index contributed by atoms with van der Waals surface area (Å²) in [5.41, 5.74) is 5.36. The monoisotopic (exact) mass is 648 g/mol. The summed E-state index contributed by atoms with van der Waals surface area (Å²) in [6, 6.07) is 11.9. The van der Waals surface area contributed by atoms with Crippen molar-refractivity contribution in [1.29, 1.82) is 5.26 Å². The van der Waals surface area contributed by atoms with Crippen LogP contribution >= 0.6 is 12.4 Å². The number of hydrogen-bond acceptors (Lipinski definition) is 6. The van der Waals surface area contributed by atoms with Gasteiger partial charge in [-0.2, -0.15) is 18.4 Å². The second-order valence-electron chi connectivity index (χ2n) is 11.6. The number of hydrogen-bond donors (Lipinski definition) is 2. The molecule has 0 radical (unpaired) electrons. The molecule has 0 amide bonds. The number of carboxylic acid groups (broad SMARTS) is 2. The molecule has 2 aliphatic carbocycles. The lowest BCUT2D eigenvalue weighted by Gasteiger charge is -2.33. The third-order valence-corrected chi connectivity index (χ3v) is 8.33. The first-order valence-corrected chi connectivity index (χ1v) is 15.1. The summed E-state index contributed by atoms with van der Waals surface area (Å²) in [5.74, 6) is 1.17. The Morgan fingerprint density at radius 3 is 2.24 bits per heavy atom. The molecule has 2 aliphatic rings. The van der Waals surface area contributed by atoms with E-state index in [4.69, 9.17) is 19.5 Å². The van der Waals surface area contributed by atoms with Crippen LogP contribution in [0.2, 0.25) is 0 Å². The molecule has 5 rings (SSSR count). The number of aromatic nitrogens is 1. The standard InChI is InChI=1S/C32H37F3N4O.CH2O3.ClH/c1-3-38(19-23-8-5-4-6-9-23)30-17-27-11-7-10-26(27)16-28(30)21-39(31-12-22(2)37-40-31)20-25-13-24(18-36)14-29(15-25)32(33,34)35;2-1(3)4;/h12-17,23H,3-11,19-21H2,1-2H3;(H2,2,3,4);1H. The van der Waals surface area contributed by atoms with Gasteiger partial charge in [-0.3, -0.25) is 0 Å². The van der Waals surface area contributed by atoms with Gasteiger partial charge in [0.05, 0.1) is 22.9 Å². The van der Waals surface area contributed by atoms with Gasteiger partial charge in [-0.15, -0.1) is 12.4 Å². The first kappa shape index (κ1) is 35.6. The van der Waals surface area contributed by atoms with E-state index in [1.165, 1.54) is 55.0 Å². The average Bonchev–Trinajstić information content (AvgIpc) is 3.63. The summed E-state index contributed by atoms with van der Waals surface area (Å²) in [6.45, 7) is 6.54. The number of carbonyl (C=O) groups is 1. The van der Waals surface area contributed by atoms with Crippen molar-refractivity contribution < 1.29 is 32.7 Å². The van der Waals surface area contributed by atoms with E-state index < -0.39 is 17.9 Å². The van der Waals surface area contributed by atoms with E-state index in [1.54, 1.807) is 0 Å². The van der Waals surface area contributed by atoms with Gasteiger partial charge in [-0.25, -0.2) is 4.79 Å². The minimum atomic E-state index is -4.54. The van der Waals surface area contributed by atoms with E-state index in [0.29, 0.717) is 29.6 Å². The first-order chi connectivity index (χ1) is 21.0. The van der Waals surface area contributed by atoms with Gasteiger partial charge >= 0.3 is 12.3 Å². The van der Waals surface area contributed by atoms with Crippen LogP contribution in [0.5, 0.6) is 0 Å². The maximum Gasteiger partial charge on any atom is 0.503 e. The van der Waals surface area contributed by atoms with Gasteiger partial charge in [0.25, 0.3) is 0 Å². The average molecular weight is 649 g/mol. The molecule has 0 atom stereocenters. The molecule has 1 aromatic heterocycles. The second kappa shape index (κ2) is 15.9. The summed E-state index contributed by atoms with van der Waals surface area (Å²) >= 11 is 0. The molecular formula is C33H40ClF3N4O4. The molecular weight excluding hydrogens is 609 g/mol. The Morgan fingerprint density at radius 1 is 1.00 bits per heavy atom. The maximum absolute atomic E-state index is 13.6. The third kappa shape index (κ3) is 9.79. The predicted molar refractivity (Wildman–Crippen MR) is 168 cm³/mol. The molecule has 2 N–H and O–H groups in total. The van der Waals surface area contributed by atoms with Crippen LogP contribution in [-0.4, -0.2) is 34.6 Å². The fraction of sp³-hybridized carbons (Fsp3) is 0.485. The maximum atomic E-state index is 13.6. The number of alkyl halides is 3. The Balaban J connectivity index is 0.00000104. The largest absolute Gasteiger partial charge is 0.503 e. The molecule has 12 heteroatoms. The first-order valence-electron chi connectivity index (χ1n) is 15.1. The topological polar surface area (TPSA) is 114 Å². The molecule has 0 bridgehead atoms. The normalized spacial score (nSPS) is 14.4. The van der Waals surface area contributed by atoms with Crippen molar-refractivity contribution in [2.75, 3.05) is 22.9 Å². The lowest BCUT2D eigenvalue weighted by Crippen LogP contribution is -2.32. The van der Waals surface area contributed by atoms with E-state index in [9.17, 15) is 18.4 Å². The van der Waals surface area contributed by atoms with Crippen molar-refractivity contribution in [3.63, 3.8) is 0 Å². The number of aryl methyl sites for hydroxylation is 3. The van der Waals surface area contributed by atoms with Gasteiger partial charge in [0.15, 0.2) is 0 Å². The minimum Gasteiger partial charge on any atom is -0.450 e. The van der Waals surface area contributed by atoms with Crippen molar-refractivity contribution in [1.82, 2.24) is 5.16 Å². The molecule has 45 heavy (non-hydrogen) atoms. The molecule has 0 unspecified atom stereocenters. The Morgan fingerprint density at radius 2 is 1.67 bits per heavy atom. The van der Waals surface area contributed by atoms with Crippen LogP contribution in [0.4, 0.5) is 29.5 Å². The molecule has 0 spiro atoms. The molecule has 244 valence electrons. The molecule has 8 nitrogen and oxygen atoms in total. The molecule has 1 heterocycles. The smallest absolute Gasteiger partial charge is 0.450 e. The van der Waals surface area contributed by atoms with Gasteiger partial charge in [-0.1, -0.05) is 30.5 Å². The number of halogens is 4. The zero-order chi connectivity index (χ0) is 31.9.